The highest BCUT2D eigenvalue weighted by atomic mass is 16.8. The first-order chi connectivity index (χ1) is 10.3. The second-order valence-corrected chi connectivity index (χ2v) is 5.10. The maximum Gasteiger partial charge on any atom is 0.254 e. The largest absolute Gasteiger partial charge is 0.595 e. The molecule has 1 aromatic carbocycles. The Balaban J connectivity index is 3.30. The summed E-state index contributed by atoms with van der Waals surface area (Å²) in [5, 5.41) is 38.5. The van der Waals surface area contributed by atoms with Gasteiger partial charge < -0.3 is 15.3 Å². The van der Waals surface area contributed by atoms with E-state index in [0.29, 0.717) is 13.1 Å². The van der Waals surface area contributed by atoms with Crippen LogP contribution in [0.25, 0.3) is 0 Å². The van der Waals surface area contributed by atoms with Crippen LogP contribution in [0.4, 0.5) is 11.4 Å². The Morgan fingerprint density at radius 3 is 1.82 bits per heavy atom. The van der Waals surface area contributed by atoms with Gasteiger partial charge in [0.1, 0.15) is 0 Å². The number of hydrogen-bond donors (Lipinski definition) is 4. The predicted molar refractivity (Wildman–Crippen MR) is 79.2 cm³/mol. The number of carbonyl (C=O) groups is 1. The highest BCUT2D eigenvalue weighted by Crippen LogP contribution is 2.21. The molecule has 0 aromatic heterocycles. The minimum atomic E-state index is -1.24. The Labute approximate surface area is 129 Å². The molecule has 124 valence electrons. The summed E-state index contributed by atoms with van der Waals surface area (Å²) in [6.45, 7) is 6.40. The van der Waals surface area contributed by atoms with Gasteiger partial charge in [-0.3, -0.25) is 4.79 Å². The van der Waals surface area contributed by atoms with Crippen LogP contribution in [-0.4, -0.2) is 34.3 Å². The molecule has 1 rings (SSSR count). The molecule has 8 nitrogen and oxygen atoms in total. The van der Waals surface area contributed by atoms with Crippen molar-refractivity contribution in [3.63, 3.8) is 0 Å². The van der Waals surface area contributed by atoms with Crippen molar-refractivity contribution in [3.8, 4) is 0 Å². The lowest BCUT2D eigenvalue weighted by Crippen LogP contribution is -3.01. The Kier molecular flexibility index (Phi) is 6.88. The van der Waals surface area contributed by atoms with E-state index in [0.717, 1.165) is 12.8 Å². The summed E-state index contributed by atoms with van der Waals surface area (Å²) in [4.78, 5) is 14.1. The van der Waals surface area contributed by atoms with Crippen molar-refractivity contribution >= 4 is 17.3 Å². The van der Waals surface area contributed by atoms with E-state index in [4.69, 9.17) is 0 Å². The summed E-state index contributed by atoms with van der Waals surface area (Å²) in [7, 11) is 0. The number of carbonyl (C=O) groups excluding carboxylic acids is 1. The lowest BCUT2D eigenvalue weighted by molar-refractivity contribution is -0.996. The fraction of sp³-hybridized carbons (Fsp3) is 0.500. The number of amides is 1. The predicted octanol–water partition coefficient (Wildman–Crippen LogP) is 0.0640. The van der Waals surface area contributed by atoms with Gasteiger partial charge in [0.05, 0.1) is 11.1 Å². The van der Waals surface area contributed by atoms with Crippen molar-refractivity contribution in [2.45, 2.75) is 33.6 Å². The van der Waals surface area contributed by atoms with Crippen molar-refractivity contribution in [2.24, 2.45) is 0 Å². The summed E-state index contributed by atoms with van der Waals surface area (Å²) >= 11 is 0. The quantitative estimate of drug-likeness (QED) is 0.531. The molecule has 1 aromatic rings. The van der Waals surface area contributed by atoms with Gasteiger partial charge in [-0.15, -0.1) is 0 Å². The molecule has 0 radical (unpaired) electrons. The third kappa shape index (κ3) is 4.23. The van der Waals surface area contributed by atoms with Crippen LogP contribution in [0.2, 0.25) is 0 Å². The second kappa shape index (κ2) is 8.18. The van der Waals surface area contributed by atoms with Crippen LogP contribution in [0.5, 0.6) is 0 Å². The first kappa shape index (κ1) is 18.5. The lowest BCUT2D eigenvalue weighted by atomic mass is 10.1. The fourth-order valence-electron chi connectivity index (χ4n) is 2.32. The second-order valence-electron chi connectivity index (χ2n) is 5.10. The van der Waals surface area contributed by atoms with Crippen molar-refractivity contribution in [1.29, 1.82) is 0 Å². The van der Waals surface area contributed by atoms with Gasteiger partial charge in [0.2, 0.25) is 0 Å². The summed E-state index contributed by atoms with van der Waals surface area (Å²) in [5.41, 5.74) is -0.0659. The van der Waals surface area contributed by atoms with Gasteiger partial charge in [-0.05, 0) is 19.8 Å². The standard InChI is InChI=1S/C14H23N3O5/c1-4-6-15(7-5-2)14(18)11-8-12(16(19)20)10(3)13(9-11)17(21)22/h8-9,16-17,19,21H,4-7H2,1-3H3. The van der Waals surface area contributed by atoms with E-state index in [2.05, 4.69) is 0 Å². The molecule has 0 aliphatic heterocycles. The van der Waals surface area contributed by atoms with E-state index in [9.17, 15) is 25.6 Å². The zero-order valence-corrected chi connectivity index (χ0v) is 13.0. The molecule has 2 atom stereocenters. The van der Waals surface area contributed by atoms with Crippen LogP contribution < -0.4 is 10.5 Å². The van der Waals surface area contributed by atoms with Crippen molar-refractivity contribution in [3.05, 3.63) is 33.7 Å². The highest BCUT2D eigenvalue weighted by Gasteiger charge is 2.22. The maximum atomic E-state index is 12.5. The molecule has 4 N–H and O–H groups in total. The van der Waals surface area contributed by atoms with Crippen molar-refractivity contribution in [1.82, 2.24) is 4.90 Å². The number of hydrogen-bond acceptors (Lipinski definition) is 5. The van der Waals surface area contributed by atoms with Crippen LogP contribution in [0, 0.1) is 17.3 Å². The van der Waals surface area contributed by atoms with Gasteiger partial charge in [0, 0.05) is 25.2 Å². The average Bonchev–Trinajstić information content (AvgIpc) is 2.45. The van der Waals surface area contributed by atoms with Gasteiger partial charge in [0.15, 0.2) is 11.4 Å². The topological polar surface area (TPSA) is 116 Å². The van der Waals surface area contributed by atoms with Gasteiger partial charge in [-0.2, -0.15) is 10.5 Å². The summed E-state index contributed by atoms with van der Waals surface area (Å²) in [6, 6.07) is 2.51. The van der Waals surface area contributed by atoms with Gasteiger partial charge in [-0.1, -0.05) is 13.8 Å². The highest BCUT2D eigenvalue weighted by molar-refractivity contribution is 5.96. The molecule has 0 spiro atoms. The molecule has 22 heavy (non-hydrogen) atoms. The summed E-state index contributed by atoms with van der Waals surface area (Å²) in [6.07, 6.45) is 1.55. The lowest BCUT2D eigenvalue weighted by Gasteiger charge is -2.24. The molecule has 8 heteroatoms. The molecule has 0 fully saturated rings. The number of nitrogens with one attached hydrogen (secondary N) is 2. The van der Waals surface area contributed by atoms with Crippen LogP contribution >= 0.6 is 0 Å². The Hall–Kier alpha value is -1.55. The van der Waals surface area contributed by atoms with Crippen LogP contribution in [0.1, 0.15) is 42.6 Å². The number of rotatable bonds is 7. The monoisotopic (exact) mass is 313 g/mol. The molecular weight excluding hydrogens is 290 g/mol. The van der Waals surface area contributed by atoms with E-state index >= 15 is 0 Å². The normalized spacial score (nSPS) is 13.8. The Morgan fingerprint density at radius 2 is 1.50 bits per heavy atom. The van der Waals surface area contributed by atoms with Gasteiger partial charge >= 0.3 is 0 Å². The van der Waals surface area contributed by atoms with Gasteiger partial charge in [0.25, 0.3) is 5.91 Å². The Morgan fingerprint density at radius 1 is 1.09 bits per heavy atom. The first-order valence-electron chi connectivity index (χ1n) is 7.23. The molecule has 0 saturated carbocycles. The van der Waals surface area contributed by atoms with E-state index in [1.807, 2.05) is 13.8 Å². The first-order valence-corrected chi connectivity index (χ1v) is 7.23. The van der Waals surface area contributed by atoms with Crippen molar-refractivity contribution < 1.29 is 25.7 Å². The minimum Gasteiger partial charge on any atom is -0.595 e. The number of quaternary nitrogens is 2. The summed E-state index contributed by atoms with van der Waals surface area (Å²) < 4.78 is 0. The molecule has 0 aliphatic rings. The maximum absolute atomic E-state index is 12.5. The SMILES string of the molecule is CCCN(CCC)C(=O)c1cc([NH+]([O-])O)c(C)c([NH+]([O-])O)c1. The third-order valence-corrected chi connectivity index (χ3v) is 3.39. The number of benzene rings is 1. The zero-order chi connectivity index (χ0) is 16.9. The van der Waals surface area contributed by atoms with E-state index in [1.165, 1.54) is 19.1 Å². The molecule has 0 bridgehead atoms. The third-order valence-electron chi connectivity index (χ3n) is 3.39. The molecule has 0 heterocycles. The molecular formula is C14H23N3O5. The smallest absolute Gasteiger partial charge is 0.254 e. The van der Waals surface area contributed by atoms with Crippen LogP contribution in [0.3, 0.4) is 0 Å². The van der Waals surface area contributed by atoms with Crippen LogP contribution in [0.15, 0.2) is 12.1 Å². The fourth-order valence-corrected chi connectivity index (χ4v) is 2.32. The number of nitrogens with zero attached hydrogens (tertiary/aromatic N) is 1. The average molecular weight is 313 g/mol. The summed E-state index contributed by atoms with van der Waals surface area (Å²) in [5.74, 6) is -0.339. The Bertz CT molecular complexity index is 484. The van der Waals surface area contributed by atoms with Gasteiger partial charge in [-0.25, -0.2) is 10.4 Å². The van der Waals surface area contributed by atoms with Crippen molar-refractivity contribution in [2.75, 3.05) is 13.1 Å². The molecule has 2 unspecified atom stereocenters. The van der Waals surface area contributed by atoms with E-state index < -0.39 is 10.5 Å². The molecule has 0 saturated heterocycles. The zero-order valence-electron chi connectivity index (χ0n) is 13.0. The van der Waals surface area contributed by atoms with E-state index in [-0.39, 0.29) is 28.4 Å². The minimum absolute atomic E-state index is 0.0994. The molecule has 1 amide bonds. The van der Waals surface area contributed by atoms with E-state index in [1.54, 1.807) is 4.90 Å². The molecule has 0 aliphatic carbocycles. The van der Waals surface area contributed by atoms with Crippen LogP contribution in [-0.2, 0) is 0 Å².